The van der Waals surface area contributed by atoms with Crippen LogP contribution in [-0.4, -0.2) is 49.9 Å². The molecule has 0 aromatic heterocycles. The van der Waals surface area contributed by atoms with Crippen LogP contribution in [0.15, 0.2) is 18.2 Å². The highest BCUT2D eigenvalue weighted by molar-refractivity contribution is 7.89. The predicted molar refractivity (Wildman–Crippen MR) is 83.7 cm³/mol. The van der Waals surface area contributed by atoms with Crippen LogP contribution in [-0.2, 0) is 32.4 Å². The SMILES string of the molecule is O=C(CN1CCCS1(=O)=O)OCC(=O)c1ccc2c(c1)CCC2. The summed E-state index contributed by atoms with van der Waals surface area (Å²) in [6, 6.07) is 5.57. The third-order valence-electron chi connectivity index (χ3n) is 4.29. The molecule has 2 aliphatic rings. The van der Waals surface area contributed by atoms with Crippen LogP contribution in [0.5, 0.6) is 0 Å². The Labute approximate surface area is 135 Å². The molecule has 6 nitrogen and oxygen atoms in total. The topological polar surface area (TPSA) is 80.8 Å². The molecule has 0 amide bonds. The number of hydrogen-bond donors (Lipinski definition) is 0. The number of fused-ring (bicyclic) bond motifs is 1. The molecule has 1 fully saturated rings. The molecule has 0 bridgehead atoms. The summed E-state index contributed by atoms with van der Waals surface area (Å²) in [5.74, 6) is -0.892. The van der Waals surface area contributed by atoms with E-state index in [2.05, 4.69) is 0 Å². The van der Waals surface area contributed by atoms with Crippen LogP contribution in [0.1, 0.15) is 34.3 Å². The van der Waals surface area contributed by atoms with Crippen LogP contribution >= 0.6 is 0 Å². The van der Waals surface area contributed by atoms with Crippen LogP contribution in [0.3, 0.4) is 0 Å². The van der Waals surface area contributed by atoms with Gasteiger partial charge in [-0.25, -0.2) is 8.42 Å². The molecule has 0 unspecified atom stereocenters. The first-order valence-electron chi connectivity index (χ1n) is 7.74. The summed E-state index contributed by atoms with van der Waals surface area (Å²) in [4.78, 5) is 23.8. The Balaban J connectivity index is 1.53. The molecule has 0 radical (unpaired) electrons. The van der Waals surface area contributed by atoms with Crippen LogP contribution in [0.25, 0.3) is 0 Å². The number of carbonyl (C=O) groups is 2. The maximum Gasteiger partial charge on any atom is 0.321 e. The van der Waals surface area contributed by atoms with Crippen molar-refractivity contribution in [3.63, 3.8) is 0 Å². The van der Waals surface area contributed by atoms with Gasteiger partial charge in [0.2, 0.25) is 10.0 Å². The molecule has 23 heavy (non-hydrogen) atoms. The molecule has 0 atom stereocenters. The Hall–Kier alpha value is -1.73. The summed E-state index contributed by atoms with van der Waals surface area (Å²) in [6.45, 7) is -0.346. The number of ether oxygens (including phenoxy) is 1. The van der Waals surface area contributed by atoms with E-state index in [0.29, 0.717) is 18.5 Å². The van der Waals surface area contributed by atoms with Crippen molar-refractivity contribution in [3.05, 3.63) is 34.9 Å². The highest BCUT2D eigenvalue weighted by Gasteiger charge is 2.30. The lowest BCUT2D eigenvalue weighted by Gasteiger charge is -2.13. The number of rotatable bonds is 5. The Kier molecular flexibility index (Phi) is 4.50. The second-order valence-corrected chi connectivity index (χ2v) is 8.01. The molecular formula is C16H19NO5S. The number of sulfonamides is 1. The fraction of sp³-hybridized carbons (Fsp3) is 0.500. The van der Waals surface area contributed by atoms with Crippen molar-refractivity contribution in [1.29, 1.82) is 0 Å². The smallest absolute Gasteiger partial charge is 0.321 e. The minimum atomic E-state index is -3.33. The van der Waals surface area contributed by atoms with Crippen molar-refractivity contribution in [2.45, 2.75) is 25.7 Å². The van der Waals surface area contributed by atoms with Gasteiger partial charge in [0.05, 0.1) is 5.75 Å². The third kappa shape index (κ3) is 3.61. The van der Waals surface area contributed by atoms with Gasteiger partial charge in [0.1, 0.15) is 6.54 Å². The zero-order chi connectivity index (χ0) is 16.4. The minimum absolute atomic E-state index is 0.0638. The van der Waals surface area contributed by atoms with Gasteiger partial charge in [0, 0.05) is 12.1 Å². The molecule has 1 saturated heterocycles. The van der Waals surface area contributed by atoms with Crippen LogP contribution in [0.2, 0.25) is 0 Å². The van der Waals surface area contributed by atoms with Crippen LogP contribution < -0.4 is 0 Å². The highest BCUT2D eigenvalue weighted by Crippen LogP contribution is 2.23. The van der Waals surface area contributed by atoms with Crippen molar-refractivity contribution >= 4 is 21.8 Å². The van der Waals surface area contributed by atoms with Crippen molar-refractivity contribution < 1.29 is 22.7 Å². The molecule has 1 aromatic rings. The summed E-state index contributed by atoms with van der Waals surface area (Å²) in [7, 11) is -3.33. The van der Waals surface area contributed by atoms with Crippen LogP contribution in [0.4, 0.5) is 0 Å². The molecule has 124 valence electrons. The molecular weight excluding hydrogens is 318 g/mol. The molecule has 3 rings (SSSR count). The largest absolute Gasteiger partial charge is 0.456 e. The standard InChI is InChI=1S/C16H19NO5S/c18-15(14-6-5-12-3-1-4-13(12)9-14)11-22-16(19)10-17-7-2-8-23(17,20)21/h5-6,9H,1-4,7-8,10-11H2. The van der Waals surface area contributed by atoms with Crippen molar-refractivity contribution in [3.8, 4) is 0 Å². The third-order valence-corrected chi connectivity index (χ3v) is 6.20. The number of esters is 1. The fourth-order valence-corrected chi connectivity index (χ4v) is 4.49. The molecule has 1 aliphatic carbocycles. The van der Waals surface area contributed by atoms with Gasteiger partial charge >= 0.3 is 5.97 Å². The first-order chi connectivity index (χ1) is 11.0. The Bertz CT molecular complexity index is 741. The number of hydrogen-bond acceptors (Lipinski definition) is 5. The van der Waals surface area contributed by atoms with E-state index in [1.54, 1.807) is 6.07 Å². The lowest BCUT2D eigenvalue weighted by atomic mass is 10.0. The van der Waals surface area contributed by atoms with Gasteiger partial charge in [-0.2, -0.15) is 4.31 Å². The van der Waals surface area contributed by atoms with E-state index < -0.39 is 16.0 Å². The second kappa shape index (κ2) is 6.41. The number of nitrogens with zero attached hydrogens (tertiary/aromatic N) is 1. The van der Waals surface area contributed by atoms with Gasteiger partial charge in [-0.05, 0) is 42.9 Å². The molecule has 0 spiro atoms. The quantitative estimate of drug-likeness (QED) is 0.590. The van der Waals surface area contributed by atoms with Crippen molar-refractivity contribution in [2.24, 2.45) is 0 Å². The van der Waals surface area contributed by atoms with Gasteiger partial charge in [-0.3, -0.25) is 9.59 Å². The van der Waals surface area contributed by atoms with Crippen LogP contribution in [0, 0.1) is 0 Å². The lowest BCUT2D eigenvalue weighted by molar-refractivity contribution is -0.142. The summed E-state index contributed by atoms with van der Waals surface area (Å²) in [6.07, 6.45) is 3.64. The molecule has 1 aromatic carbocycles. The summed E-state index contributed by atoms with van der Waals surface area (Å²) < 4.78 is 29.3. The van der Waals surface area contributed by atoms with Gasteiger partial charge < -0.3 is 4.74 Å². The van der Waals surface area contributed by atoms with Gasteiger partial charge in [-0.15, -0.1) is 0 Å². The highest BCUT2D eigenvalue weighted by atomic mass is 32.2. The maximum absolute atomic E-state index is 12.1. The predicted octanol–water partition coefficient (Wildman–Crippen LogP) is 0.937. The Morgan fingerprint density at radius 2 is 1.91 bits per heavy atom. The summed E-state index contributed by atoms with van der Waals surface area (Å²) in [5.41, 5.74) is 3.00. The molecule has 1 aliphatic heterocycles. The number of aryl methyl sites for hydroxylation is 2. The molecule has 1 heterocycles. The zero-order valence-electron chi connectivity index (χ0n) is 12.8. The van der Waals surface area contributed by atoms with Gasteiger partial charge in [-0.1, -0.05) is 12.1 Å². The Morgan fingerprint density at radius 3 is 2.65 bits per heavy atom. The lowest BCUT2D eigenvalue weighted by Crippen LogP contribution is -2.33. The van der Waals surface area contributed by atoms with E-state index in [0.717, 1.165) is 23.6 Å². The number of Topliss-reactive ketones (excluding diaryl/α,β-unsaturated/α-hetero) is 1. The summed E-state index contributed by atoms with van der Waals surface area (Å²) >= 11 is 0. The minimum Gasteiger partial charge on any atom is -0.456 e. The second-order valence-electron chi connectivity index (χ2n) is 5.92. The maximum atomic E-state index is 12.1. The van der Waals surface area contributed by atoms with Gasteiger partial charge in [0.15, 0.2) is 12.4 Å². The number of ketones is 1. The van der Waals surface area contributed by atoms with E-state index in [1.165, 1.54) is 11.1 Å². The van der Waals surface area contributed by atoms with Crippen molar-refractivity contribution in [1.82, 2.24) is 4.31 Å². The van der Waals surface area contributed by atoms with E-state index in [1.807, 2.05) is 12.1 Å². The fourth-order valence-electron chi connectivity index (χ4n) is 3.03. The van der Waals surface area contributed by atoms with E-state index in [4.69, 9.17) is 4.74 Å². The molecule has 7 heteroatoms. The average molecular weight is 337 g/mol. The normalized spacial score (nSPS) is 19.5. The monoisotopic (exact) mass is 337 g/mol. The number of carbonyl (C=O) groups excluding carboxylic acids is 2. The van der Waals surface area contributed by atoms with Crippen molar-refractivity contribution in [2.75, 3.05) is 25.4 Å². The molecule has 0 saturated carbocycles. The molecule has 0 N–H and O–H groups in total. The Morgan fingerprint density at radius 1 is 1.13 bits per heavy atom. The van der Waals surface area contributed by atoms with Gasteiger partial charge in [0.25, 0.3) is 0 Å². The first-order valence-corrected chi connectivity index (χ1v) is 9.35. The van der Waals surface area contributed by atoms with E-state index in [-0.39, 0.29) is 24.7 Å². The first kappa shape index (κ1) is 16.1. The number of benzene rings is 1. The average Bonchev–Trinajstić information content (AvgIpc) is 3.10. The zero-order valence-corrected chi connectivity index (χ0v) is 13.6. The van der Waals surface area contributed by atoms with E-state index in [9.17, 15) is 18.0 Å². The van der Waals surface area contributed by atoms with E-state index >= 15 is 0 Å². The summed E-state index contributed by atoms with van der Waals surface area (Å²) in [5, 5.41) is 0.